The van der Waals surface area contributed by atoms with Crippen LogP contribution in [-0.4, -0.2) is 29.1 Å². The Morgan fingerprint density at radius 1 is 1.00 bits per heavy atom. The van der Waals surface area contributed by atoms with Gasteiger partial charge in [0.05, 0.1) is 5.76 Å². The van der Waals surface area contributed by atoms with Crippen LogP contribution in [0.3, 0.4) is 0 Å². The number of fused-ring (bicyclic) bond motifs is 4. The van der Waals surface area contributed by atoms with E-state index in [4.69, 9.17) is 10.1 Å². The second-order valence-corrected chi connectivity index (χ2v) is 23.1. The molecule has 1 N–H and O–H groups in total. The Hall–Kier alpha value is -2.53. The molecule has 5 heteroatoms. The van der Waals surface area contributed by atoms with Crippen LogP contribution in [0.1, 0.15) is 64.2 Å². The average Bonchev–Trinajstić information content (AvgIpc) is 3.09. The van der Waals surface area contributed by atoms with E-state index in [1.165, 1.54) is 58.5 Å². The number of ketones is 1. The fraction of sp³-hybridized carbons (Fsp3) is 0.314. The molecular formula is C35H40GeIrNO2-. The van der Waals surface area contributed by atoms with Gasteiger partial charge in [-0.15, -0.1) is 0 Å². The first-order chi connectivity index (χ1) is 18.2. The molecule has 4 aromatic rings. The van der Waals surface area contributed by atoms with Crippen LogP contribution < -0.4 is 4.40 Å². The molecule has 211 valence electrons. The first-order valence-corrected chi connectivity index (χ1v) is 21.0. The molecule has 0 amide bonds. The third kappa shape index (κ3) is 6.35. The van der Waals surface area contributed by atoms with E-state index in [0.717, 1.165) is 11.3 Å². The molecule has 0 saturated carbocycles. The maximum Gasteiger partial charge on any atom is 0 e. The zero-order valence-corrected chi connectivity index (χ0v) is 29.6. The molecular weight excluding hydrogens is 731 g/mol. The maximum absolute atomic E-state index is 10.0. The Morgan fingerprint density at radius 3 is 2.25 bits per heavy atom. The Kier molecular flexibility index (Phi) is 9.71. The molecule has 3 nitrogen and oxygen atoms in total. The molecule has 0 spiro atoms. The number of hydrogen-bond acceptors (Lipinski definition) is 3. The summed E-state index contributed by atoms with van der Waals surface area (Å²) in [6.45, 7) is 12.1. The van der Waals surface area contributed by atoms with Crippen LogP contribution in [-0.2, 0) is 30.3 Å². The summed E-state index contributed by atoms with van der Waals surface area (Å²) < 4.78 is 1.57. The number of nitrogens with zero attached hydrogens (tertiary/aromatic N) is 1. The van der Waals surface area contributed by atoms with E-state index in [2.05, 4.69) is 106 Å². The monoisotopic (exact) mass is 773 g/mol. The zero-order valence-electron chi connectivity index (χ0n) is 25.1. The van der Waals surface area contributed by atoms with Gasteiger partial charge in [-0.2, -0.15) is 0 Å². The molecule has 40 heavy (non-hydrogen) atoms. The largest absolute Gasteiger partial charge is 0 e. The van der Waals surface area contributed by atoms with E-state index in [-0.39, 0.29) is 37.1 Å². The number of aromatic nitrogens is 1. The van der Waals surface area contributed by atoms with Gasteiger partial charge in [0.2, 0.25) is 0 Å². The molecule has 0 bridgehead atoms. The van der Waals surface area contributed by atoms with Crippen molar-refractivity contribution in [2.24, 2.45) is 0 Å². The van der Waals surface area contributed by atoms with E-state index < -0.39 is 13.3 Å². The van der Waals surface area contributed by atoms with Crippen LogP contribution in [0.5, 0.6) is 0 Å². The Balaban J connectivity index is 0.000000492. The maximum atomic E-state index is 10.0. The minimum atomic E-state index is -1.92. The Bertz CT molecular complexity index is 1590. The molecule has 5 rings (SSSR count). The molecule has 1 aliphatic carbocycles. The number of carbonyl (C=O) groups is 1. The van der Waals surface area contributed by atoms with Gasteiger partial charge in [0.15, 0.2) is 5.78 Å². The first-order valence-electron chi connectivity index (χ1n) is 13.7. The summed E-state index contributed by atoms with van der Waals surface area (Å²) in [6.07, 6.45) is 3.15. The number of allylic oxidation sites excluding steroid dienone is 2. The summed E-state index contributed by atoms with van der Waals surface area (Å²) >= 11 is -1.92. The van der Waals surface area contributed by atoms with E-state index >= 15 is 0 Å². The Labute approximate surface area is 255 Å². The van der Waals surface area contributed by atoms with Crippen molar-refractivity contribution in [3.63, 3.8) is 0 Å². The topological polar surface area (TPSA) is 50.2 Å². The molecule has 0 atom stereocenters. The number of aliphatic hydroxyl groups excluding tert-OH is 1. The van der Waals surface area contributed by atoms with Gasteiger partial charge in [-0.05, 0) is 13.8 Å². The first kappa shape index (κ1) is 32.0. The molecule has 1 radical (unpaired) electrons. The van der Waals surface area contributed by atoms with Crippen molar-refractivity contribution in [2.45, 2.75) is 70.1 Å². The van der Waals surface area contributed by atoms with E-state index in [0.29, 0.717) is 5.92 Å². The van der Waals surface area contributed by atoms with Crippen molar-refractivity contribution >= 4 is 34.2 Å². The van der Waals surface area contributed by atoms with Crippen molar-refractivity contribution in [3.8, 4) is 22.4 Å². The number of carbonyl (C=O) groups excluding carboxylic acids is 1. The molecule has 1 heterocycles. The number of rotatable bonds is 4. The summed E-state index contributed by atoms with van der Waals surface area (Å²) in [5.41, 5.74) is 8.96. The summed E-state index contributed by atoms with van der Waals surface area (Å²) in [7, 11) is 0. The molecule has 0 unspecified atom stereocenters. The van der Waals surface area contributed by atoms with Gasteiger partial charge in [-0.1, -0.05) is 0 Å². The van der Waals surface area contributed by atoms with Crippen molar-refractivity contribution in [1.29, 1.82) is 0 Å². The standard InChI is InChI=1S/C30H32GeN.C5H8O2.Ir/c1-19(2)26-17-21(16-20-10-8-9-11-23(20)26)29-28-25(14-15-32-29)24-13-12-22(31(5,6)7)18-27(24)30(28,3)4;1-4(6)3-5(2)7;/h8-15,17-19H,1-7H3;3,6H,1-2H3;/q-1;;/b;4-3-;. The zero-order chi connectivity index (χ0) is 28.7. The van der Waals surface area contributed by atoms with Crippen LogP contribution in [0.25, 0.3) is 33.2 Å². The normalized spacial score (nSPS) is 13.7. The predicted octanol–water partition coefficient (Wildman–Crippen LogP) is 8.71. The van der Waals surface area contributed by atoms with Crippen molar-refractivity contribution in [1.82, 2.24) is 4.98 Å². The smallest absolute Gasteiger partial charge is 0 e. The van der Waals surface area contributed by atoms with E-state index in [9.17, 15) is 4.79 Å². The van der Waals surface area contributed by atoms with Gasteiger partial charge in [0.1, 0.15) is 0 Å². The fourth-order valence-corrected chi connectivity index (χ4v) is 8.01. The van der Waals surface area contributed by atoms with Crippen LogP contribution in [0, 0.1) is 6.07 Å². The second kappa shape index (κ2) is 12.1. The third-order valence-electron chi connectivity index (χ3n) is 7.52. The number of hydrogen-bond donors (Lipinski definition) is 1. The third-order valence-corrected chi connectivity index (χ3v) is 11.8. The summed E-state index contributed by atoms with van der Waals surface area (Å²) in [4.78, 5) is 15.0. The van der Waals surface area contributed by atoms with Crippen molar-refractivity contribution in [3.05, 3.63) is 95.4 Å². The van der Waals surface area contributed by atoms with Gasteiger partial charge in [0.25, 0.3) is 0 Å². The molecule has 1 aliphatic rings. The van der Waals surface area contributed by atoms with Crippen LogP contribution in [0.15, 0.2) is 72.6 Å². The molecule has 0 saturated heterocycles. The van der Waals surface area contributed by atoms with Gasteiger partial charge < -0.3 is 5.11 Å². The van der Waals surface area contributed by atoms with Gasteiger partial charge in [-0.3, -0.25) is 4.79 Å². The molecule has 1 aromatic heterocycles. The van der Waals surface area contributed by atoms with Crippen LogP contribution in [0.2, 0.25) is 17.3 Å². The van der Waals surface area contributed by atoms with Crippen molar-refractivity contribution in [2.75, 3.05) is 0 Å². The summed E-state index contributed by atoms with van der Waals surface area (Å²) in [6, 6.07) is 24.1. The SMILES string of the molecule is CC(=O)/C=C(/C)O.CC(C)c1cc(-c2nccc3c2C(C)(C)c2c[c]([Ge]([CH3])([CH3])[CH3])ccc2-3)[c-]c2ccccc12.[Ir]. The summed E-state index contributed by atoms with van der Waals surface area (Å²) in [5.74, 6) is 7.80. The average molecular weight is 772 g/mol. The Morgan fingerprint density at radius 2 is 1.68 bits per heavy atom. The van der Waals surface area contributed by atoms with Crippen molar-refractivity contribution < 1.29 is 30.0 Å². The quantitative estimate of drug-likeness (QED) is 0.0979. The van der Waals surface area contributed by atoms with E-state index in [1.807, 2.05) is 6.20 Å². The number of benzene rings is 3. The molecule has 0 aliphatic heterocycles. The molecule has 0 fully saturated rings. The van der Waals surface area contributed by atoms with Gasteiger partial charge in [-0.25, -0.2) is 0 Å². The summed E-state index contributed by atoms with van der Waals surface area (Å²) in [5, 5.41) is 10.8. The number of aliphatic hydroxyl groups is 1. The minimum absolute atomic E-state index is 0. The van der Waals surface area contributed by atoms with Gasteiger partial charge >= 0.3 is 196 Å². The van der Waals surface area contributed by atoms with Crippen LogP contribution >= 0.6 is 0 Å². The van der Waals surface area contributed by atoms with Crippen LogP contribution in [0.4, 0.5) is 0 Å². The predicted molar refractivity (Wildman–Crippen MR) is 168 cm³/mol. The van der Waals surface area contributed by atoms with E-state index in [1.54, 1.807) is 4.40 Å². The van der Waals surface area contributed by atoms with Gasteiger partial charge in [0, 0.05) is 26.2 Å². The fourth-order valence-electron chi connectivity index (χ4n) is 5.58. The second-order valence-electron chi connectivity index (χ2n) is 12.5. The molecule has 3 aromatic carbocycles. The minimum Gasteiger partial charge on any atom is 0 e. The number of pyridine rings is 1.